The highest BCUT2D eigenvalue weighted by Crippen LogP contribution is 2.29. The molecule has 0 spiro atoms. The van der Waals surface area contributed by atoms with Gasteiger partial charge in [0.25, 0.3) is 0 Å². The topological polar surface area (TPSA) is 115 Å². The van der Waals surface area contributed by atoms with Gasteiger partial charge in [0.1, 0.15) is 16.5 Å². The summed E-state index contributed by atoms with van der Waals surface area (Å²) in [4.78, 5) is 20.1. The Morgan fingerprint density at radius 3 is 2.54 bits per heavy atom. The maximum Gasteiger partial charge on any atom is 0.242 e. The number of imidazole rings is 1. The van der Waals surface area contributed by atoms with Crippen molar-refractivity contribution in [2.45, 2.75) is 63.9 Å². The minimum atomic E-state index is -3.77. The summed E-state index contributed by atoms with van der Waals surface area (Å²) in [6.07, 6.45) is 3.32. The Bertz CT molecular complexity index is 1300. The fourth-order valence-corrected chi connectivity index (χ4v) is 5.25. The van der Waals surface area contributed by atoms with E-state index in [0.717, 1.165) is 55.0 Å². The van der Waals surface area contributed by atoms with E-state index >= 15 is 0 Å². The van der Waals surface area contributed by atoms with Gasteiger partial charge in [0, 0.05) is 44.8 Å². The third-order valence-corrected chi connectivity index (χ3v) is 7.47. The summed E-state index contributed by atoms with van der Waals surface area (Å²) >= 11 is 0. The third kappa shape index (κ3) is 6.06. The number of anilines is 1. The number of hydrogen-bond donors (Lipinski definition) is 2. The zero-order valence-electron chi connectivity index (χ0n) is 20.7. The van der Waals surface area contributed by atoms with Crippen molar-refractivity contribution in [3.05, 3.63) is 47.9 Å². The lowest BCUT2D eigenvalue weighted by Gasteiger charge is -2.26. The van der Waals surface area contributed by atoms with Gasteiger partial charge in [0.2, 0.25) is 15.9 Å². The summed E-state index contributed by atoms with van der Waals surface area (Å²) in [7, 11) is -3.77. The fourth-order valence-electron chi connectivity index (χ4n) is 4.29. The number of carbonyl (C=O) groups is 1. The number of rotatable bonds is 7. The van der Waals surface area contributed by atoms with E-state index in [0.29, 0.717) is 11.7 Å². The van der Waals surface area contributed by atoms with Crippen LogP contribution in [0.3, 0.4) is 0 Å². The van der Waals surface area contributed by atoms with E-state index < -0.39 is 10.0 Å². The molecular weight excluding hydrogens is 466 g/mol. The predicted molar refractivity (Wildman–Crippen MR) is 135 cm³/mol. The Morgan fingerprint density at radius 2 is 1.91 bits per heavy atom. The number of sulfonamides is 1. The monoisotopic (exact) mass is 499 g/mol. The quantitative estimate of drug-likeness (QED) is 0.513. The molecule has 0 aliphatic carbocycles. The van der Waals surface area contributed by atoms with E-state index in [-0.39, 0.29) is 22.8 Å². The molecule has 3 aromatic rings. The van der Waals surface area contributed by atoms with Crippen molar-refractivity contribution in [1.82, 2.24) is 19.3 Å². The zero-order chi connectivity index (χ0) is 25.2. The lowest BCUT2D eigenvalue weighted by Crippen LogP contribution is -2.25. The van der Waals surface area contributed by atoms with E-state index in [1.165, 1.54) is 25.3 Å². The average molecular weight is 500 g/mol. The summed E-state index contributed by atoms with van der Waals surface area (Å²) in [6, 6.07) is 8.80. The molecule has 3 heterocycles. The van der Waals surface area contributed by atoms with Gasteiger partial charge in [-0.1, -0.05) is 26.8 Å². The number of carbonyl (C=O) groups excluding carboxylic acids is 1. The molecular formula is C25H33N5O4S. The van der Waals surface area contributed by atoms with Crippen molar-refractivity contribution in [2.75, 3.05) is 18.5 Å². The van der Waals surface area contributed by atoms with E-state index in [4.69, 9.17) is 9.72 Å². The Kier molecular flexibility index (Phi) is 7.25. The highest BCUT2D eigenvalue weighted by atomic mass is 32.2. The summed E-state index contributed by atoms with van der Waals surface area (Å²) in [5.74, 6) is 1.61. The van der Waals surface area contributed by atoms with E-state index in [2.05, 4.69) is 40.4 Å². The molecule has 0 bridgehead atoms. The SMILES string of the molecule is CC(=O)Nc1ccc(S(=O)(=O)NCc2ccc3c(c2)nc(C(C)(C)C)n3CC2CCOCC2)cn1. The molecule has 1 amide bonds. The normalized spacial score (nSPS) is 15.4. The van der Waals surface area contributed by atoms with Gasteiger partial charge in [0.05, 0.1) is 11.0 Å². The molecule has 2 aromatic heterocycles. The molecule has 0 atom stereocenters. The van der Waals surface area contributed by atoms with Gasteiger partial charge in [0.15, 0.2) is 0 Å². The number of nitrogens with zero attached hydrogens (tertiary/aromatic N) is 3. The summed E-state index contributed by atoms with van der Waals surface area (Å²) in [5.41, 5.74) is 2.62. The van der Waals surface area contributed by atoms with Crippen molar-refractivity contribution in [3.8, 4) is 0 Å². The molecule has 0 radical (unpaired) electrons. The number of pyridine rings is 1. The molecule has 1 aromatic carbocycles. The van der Waals surface area contributed by atoms with Crippen molar-refractivity contribution in [1.29, 1.82) is 0 Å². The first-order valence-electron chi connectivity index (χ1n) is 11.8. The number of hydrogen-bond acceptors (Lipinski definition) is 6. The van der Waals surface area contributed by atoms with Crippen LogP contribution in [0.25, 0.3) is 11.0 Å². The maximum atomic E-state index is 12.7. The Morgan fingerprint density at radius 1 is 1.17 bits per heavy atom. The largest absolute Gasteiger partial charge is 0.381 e. The maximum absolute atomic E-state index is 12.7. The van der Waals surface area contributed by atoms with Crippen LogP contribution < -0.4 is 10.0 Å². The number of nitrogens with one attached hydrogen (secondary N) is 2. The molecule has 2 N–H and O–H groups in total. The highest BCUT2D eigenvalue weighted by molar-refractivity contribution is 7.89. The first kappa shape index (κ1) is 25.3. The van der Waals surface area contributed by atoms with Crippen LogP contribution in [0, 0.1) is 5.92 Å². The Hall–Kier alpha value is -2.82. The summed E-state index contributed by atoms with van der Waals surface area (Å²) in [5, 5.41) is 2.52. The lowest BCUT2D eigenvalue weighted by atomic mass is 9.94. The number of fused-ring (bicyclic) bond motifs is 1. The molecule has 1 saturated heterocycles. The van der Waals surface area contributed by atoms with Gasteiger partial charge in [-0.15, -0.1) is 0 Å². The van der Waals surface area contributed by atoms with Crippen molar-refractivity contribution in [2.24, 2.45) is 5.92 Å². The van der Waals surface area contributed by atoms with Gasteiger partial charge in [-0.3, -0.25) is 4.79 Å². The molecule has 1 aliphatic rings. The summed E-state index contributed by atoms with van der Waals surface area (Å²) < 4.78 is 36.0. The minimum Gasteiger partial charge on any atom is -0.381 e. The van der Waals surface area contributed by atoms with Gasteiger partial charge in [-0.2, -0.15) is 0 Å². The van der Waals surface area contributed by atoms with Crippen molar-refractivity contribution < 1.29 is 17.9 Å². The van der Waals surface area contributed by atoms with Gasteiger partial charge < -0.3 is 14.6 Å². The number of ether oxygens (including phenoxy) is 1. The van der Waals surface area contributed by atoms with Crippen LogP contribution in [0.1, 0.15) is 51.9 Å². The van der Waals surface area contributed by atoms with E-state index in [1.54, 1.807) is 0 Å². The molecule has 35 heavy (non-hydrogen) atoms. The minimum absolute atomic E-state index is 0.0310. The van der Waals surface area contributed by atoms with Crippen LogP contribution >= 0.6 is 0 Å². The lowest BCUT2D eigenvalue weighted by molar-refractivity contribution is -0.114. The van der Waals surface area contributed by atoms with Crippen LogP contribution in [0.4, 0.5) is 5.82 Å². The van der Waals surface area contributed by atoms with E-state index in [1.807, 2.05) is 18.2 Å². The number of aromatic nitrogens is 3. The highest BCUT2D eigenvalue weighted by Gasteiger charge is 2.25. The van der Waals surface area contributed by atoms with Crippen LogP contribution in [0.5, 0.6) is 0 Å². The van der Waals surface area contributed by atoms with Crippen molar-refractivity contribution >= 4 is 32.8 Å². The van der Waals surface area contributed by atoms with Crippen molar-refractivity contribution in [3.63, 3.8) is 0 Å². The molecule has 4 rings (SSSR count). The standard InChI is InChI=1S/C25H33N5O4S/c1-17(31)28-23-8-6-20(15-26-23)35(32,33)27-14-19-5-7-22-21(13-19)29-24(25(2,3)4)30(22)16-18-9-11-34-12-10-18/h5-8,13,15,18,27H,9-12,14,16H2,1-4H3,(H,26,28,31). The molecule has 0 unspecified atom stereocenters. The Labute approximate surface area is 206 Å². The molecule has 1 aliphatic heterocycles. The van der Waals surface area contributed by atoms with Gasteiger partial charge in [-0.25, -0.2) is 23.1 Å². The second-order valence-electron chi connectivity index (χ2n) is 10.1. The molecule has 188 valence electrons. The molecule has 10 heteroatoms. The first-order chi connectivity index (χ1) is 16.5. The second-order valence-corrected chi connectivity index (χ2v) is 11.8. The van der Waals surface area contributed by atoms with Crippen LogP contribution in [-0.4, -0.2) is 42.1 Å². The molecule has 9 nitrogen and oxygen atoms in total. The average Bonchev–Trinajstić information content (AvgIpc) is 3.16. The van der Waals surface area contributed by atoms with Crippen LogP contribution in [0.2, 0.25) is 0 Å². The zero-order valence-corrected chi connectivity index (χ0v) is 21.5. The smallest absolute Gasteiger partial charge is 0.242 e. The second kappa shape index (κ2) is 10.0. The predicted octanol–water partition coefficient (Wildman–Crippen LogP) is 3.59. The van der Waals surface area contributed by atoms with Gasteiger partial charge >= 0.3 is 0 Å². The summed E-state index contributed by atoms with van der Waals surface area (Å²) in [6.45, 7) is 10.5. The number of amides is 1. The van der Waals surface area contributed by atoms with Crippen LogP contribution in [0.15, 0.2) is 41.4 Å². The Balaban J connectivity index is 1.53. The molecule has 0 saturated carbocycles. The van der Waals surface area contributed by atoms with E-state index in [9.17, 15) is 13.2 Å². The third-order valence-electron chi connectivity index (χ3n) is 6.08. The van der Waals surface area contributed by atoms with Gasteiger partial charge in [-0.05, 0) is 48.6 Å². The fraction of sp³-hybridized carbons (Fsp3) is 0.480. The first-order valence-corrected chi connectivity index (χ1v) is 13.3. The van der Waals surface area contributed by atoms with Crippen LogP contribution in [-0.2, 0) is 38.1 Å². The molecule has 1 fully saturated rings. The number of benzene rings is 1.